The van der Waals surface area contributed by atoms with Crippen molar-refractivity contribution in [3.8, 4) is 0 Å². The number of carboxylic acids is 1. The molecule has 2 atom stereocenters. The highest BCUT2D eigenvalue weighted by molar-refractivity contribution is 5.94. The second kappa shape index (κ2) is 5.38. The van der Waals surface area contributed by atoms with Gasteiger partial charge in [0.25, 0.3) is 5.91 Å². The molecule has 0 saturated heterocycles. The predicted molar refractivity (Wildman–Crippen MR) is 67.4 cm³/mol. The Morgan fingerprint density at radius 1 is 1.37 bits per heavy atom. The van der Waals surface area contributed by atoms with Crippen LogP contribution < -0.4 is 5.32 Å². The van der Waals surface area contributed by atoms with Crippen LogP contribution in [0.3, 0.4) is 0 Å². The van der Waals surface area contributed by atoms with Crippen LogP contribution in [-0.2, 0) is 4.79 Å². The second-order valence-corrected chi connectivity index (χ2v) is 4.98. The van der Waals surface area contributed by atoms with Crippen LogP contribution in [0.4, 0.5) is 4.39 Å². The molecule has 0 unspecified atom stereocenters. The van der Waals surface area contributed by atoms with Crippen molar-refractivity contribution in [2.75, 3.05) is 0 Å². The van der Waals surface area contributed by atoms with E-state index in [0.717, 1.165) is 0 Å². The molecule has 0 aromatic heterocycles. The van der Waals surface area contributed by atoms with Crippen LogP contribution in [0.15, 0.2) is 18.2 Å². The summed E-state index contributed by atoms with van der Waals surface area (Å²) in [5.41, 5.74) is 0.755. The molecule has 0 radical (unpaired) electrons. The van der Waals surface area contributed by atoms with Crippen molar-refractivity contribution < 1.29 is 19.1 Å². The van der Waals surface area contributed by atoms with E-state index in [1.165, 1.54) is 6.07 Å². The quantitative estimate of drug-likeness (QED) is 0.879. The van der Waals surface area contributed by atoms with Crippen molar-refractivity contribution in [2.45, 2.75) is 32.2 Å². The van der Waals surface area contributed by atoms with Crippen LogP contribution >= 0.6 is 0 Å². The van der Waals surface area contributed by atoms with Crippen molar-refractivity contribution in [1.82, 2.24) is 5.32 Å². The van der Waals surface area contributed by atoms with Crippen LogP contribution in [0.1, 0.15) is 35.2 Å². The van der Waals surface area contributed by atoms with E-state index in [1.807, 2.05) is 0 Å². The molecule has 0 aliphatic heterocycles. The summed E-state index contributed by atoms with van der Waals surface area (Å²) in [6.45, 7) is 1.63. The maximum Gasteiger partial charge on any atom is 0.306 e. The SMILES string of the molecule is Cc1ccc(C(=O)N[C@H]2CC[C@@H](C(=O)O)C2)cc1F. The number of hydrogen-bond acceptors (Lipinski definition) is 2. The molecule has 0 heterocycles. The average Bonchev–Trinajstić information content (AvgIpc) is 2.81. The van der Waals surface area contributed by atoms with Gasteiger partial charge in [0.1, 0.15) is 5.82 Å². The van der Waals surface area contributed by atoms with Crippen LogP contribution in [0, 0.1) is 18.7 Å². The number of halogens is 1. The maximum absolute atomic E-state index is 13.4. The van der Waals surface area contributed by atoms with Gasteiger partial charge in [-0.25, -0.2) is 4.39 Å². The third-order valence-electron chi connectivity index (χ3n) is 3.55. The molecular weight excluding hydrogens is 249 g/mol. The fraction of sp³-hybridized carbons (Fsp3) is 0.429. The van der Waals surface area contributed by atoms with Crippen LogP contribution in [0.2, 0.25) is 0 Å². The Hall–Kier alpha value is -1.91. The van der Waals surface area contributed by atoms with E-state index in [4.69, 9.17) is 5.11 Å². The molecule has 1 amide bonds. The van der Waals surface area contributed by atoms with E-state index in [-0.39, 0.29) is 23.4 Å². The lowest BCUT2D eigenvalue weighted by Gasteiger charge is -2.12. The molecule has 2 N–H and O–H groups in total. The number of rotatable bonds is 3. The van der Waals surface area contributed by atoms with Crippen molar-refractivity contribution in [2.24, 2.45) is 5.92 Å². The number of carboxylic acid groups (broad SMARTS) is 1. The van der Waals surface area contributed by atoms with Crippen molar-refractivity contribution >= 4 is 11.9 Å². The number of nitrogens with one attached hydrogen (secondary N) is 1. The van der Waals surface area contributed by atoms with Gasteiger partial charge in [-0.2, -0.15) is 0 Å². The normalized spacial score (nSPS) is 22.2. The molecule has 2 rings (SSSR count). The van der Waals surface area contributed by atoms with Gasteiger partial charge in [0.15, 0.2) is 0 Å². The molecule has 0 bridgehead atoms. The molecule has 1 aliphatic carbocycles. The molecule has 1 aliphatic rings. The smallest absolute Gasteiger partial charge is 0.306 e. The topological polar surface area (TPSA) is 66.4 Å². The van der Waals surface area contributed by atoms with Gasteiger partial charge < -0.3 is 10.4 Å². The largest absolute Gasteiger partial charge is 0.481 e. The second-order valence-electron chi connectivity index (χ2n) is 4.98. The van der Waals surface area contributed by atoms with Crippen molar-refractivity contribution in [3.05, 3.63) is 35.1 Å². The Kier molecular flexibility index (Phi) is 3.83. The average molecular weight is 265 g/mol. The molecule has 1 aromatic rings. The highest BCUT2D eigenvalue weighted by Gasteiger charge is 2.30. The number of carbonyl (C=O) groups excluding carboxylic acids is 1. The third kappa shape index (κ3) is 3.10. The minimum absolute atomic E-state index is 0.141. The summed E-state index contributed by atoms with van der Waals surface area (Å²) >= 11 is 0. The molecule has 1 fully saturated rings. The van der Waals surface area contributed by atoms with Crippen molar-refractivity contribution in [1.29, 1.82) is 0 Å². The fourth-order valence-corrected chi connectivity index (χ4v) is 2.34. The molecule has 102 valence electrons. The highest BCUT2D eigenvalue weighted by atomic mass is 19.1. The third-order valence-corrected chi connectivity index (χ3v) is 3.55. The fourth-order valence-electron chi connectivity index (χ4n) is 2.34. The Balaban J connectivity index is 1.98. The van der Waals surface area contributed by atoms with E-state index in [9.17, 15) is 14.0 Å². The lowest BCUT2D eigenvalue weighted by molar-refractivity contribution is -0.141. The summed E-state index contributed by atoms with van der Waals surface area (Å²) in [7, 11) is 0. The van der Waals surface area contributed by atoms with E-state index in [2.05, 4.69) is 5.32 Å². The number of aryl methyl sites for hydroxylation is 1. The highest BCUT2D eigenvalue weighted by Crippen LogP contribution is 2.25. The van der Waals surface area contributed by atoms with Gasteiger partial charge in [0.05, 0.1) is 5.92 Å². The number of carbonyl (C=O) groups is 2. The van der Waals surface area contributed by atoms with Gasteiger partial charge in [-0.1, -0.05) is 6.07 Å². The number of aliphatic carboxylic acids is 1. The van der Waals surface area contributed by atoms with E-state index >= 15 is 0 Å². The summed E-state index contributed by atoms with van der Waals surface area (Å²) < 4.78 is 13.4. The first-order chi connectivity index (χ1) is 8.97. The summed E-state index contributed by atoms with van der Waals surface area (Å²) in [4.78, 5) is 22.7. The first kappa shape index (κ1) is 13.5. The lowest BCUT2D eigenvalue weighted by Crippen LogP contribution is -2.33. The Labute approximate surface area is 110 Å². The van der Waals surface area contributed by atoms with E-state index in [1.54, 1.807) is 19.1 Å². The molecule has 19 heavy (non-hydrogen) atoms. The van der Waals surface area contributed by atoms with E-state index < -0.39 is 11.8 Å². The number of amides is 1. The Bertz CT molecular complexity index is 515. The lowest BCUT2D eigenvalue weighted by atomic mass is 10.1. The van der Waals surface area contributed by atoms with Gasteiger partial charge in [-0.05, 0) is 43.9 Å². The number of hydrogen-bond donors (Lipinski definition) is 2. The van der Waals surface area contributed by atoms with Crippen molar-refractivity contribution in [3.63, 3.8) is 0 Å². The minimum Gasteiger partial charge on any atom is -0.481 e. The molecular formula is C14H16FNO3. The standard InChI is InChI=1S/C14H16FNO3/c1-8-2-3-9(7-12(8)15)13(17)16-11-5-4-10(6-11)14(18)19/h2-3,7,10-11H,4-6H2,1H3,(H,16,17)(H,18,19)/t10-,11+/m1/s1. The molecule has 4 nitrogen and oxygen atoms in total. The van der Waals surface area contributed by atoms with Gasteiger partial charge in [-0.3, -0.25) is 9.59 Å². The molecule has 1 aromatic carbocycles. The van der Waals surface area contributed by atoms with Gasteiger partial charge >= 0.3 is 5.97 Å². The van der Waals surface area contributed by atoms with Gasteiger partial charge in [0.2, 0.25) is 0 Å². The first-order valence-electron chi connectivity index (χ1n) is 6.27. The zero-order valence-corrected chi connectivity index (χ0v) is 10.6. The van der Waals surface area contributed by atoms with Crippen LogP contribution in [-0.4, -0.2) is 23.0 Å². The summed E-state index contributed by atoms with van der Waals surface area (Å²) in [6.07, 6.45) is 1.66. The Morgan fingerprint density at radius 3 is 2.68 bits per heavy atom. The van der Waals surface area contributed by atoms with Gasteiger partial charge in [0, 0.05) is 11.6 Å². The zero-order chi connectivity index (χ0) is 14.0. The summed E-state index contributed by atoms with van der Waals surface area (Å²) in [6, 6.07) is 4.18. The molecule has 1 saturated carbocycles. The predicted octanol–water partition coefficient (Wildman–Crippen LogP) is 2.12. The van der Waals surface area contributed by atoms with Crippen LogP contribution in [0.5, 0.6) is 0 Å². The monoisotopic (exact) mass is 265 g/mol. The summed E-state index contributed by atoms with van der Waals surface area (Å²) in [5, 5.41) is 11.6. The minimum atomic E-state index is -0.821. The van der Waals surface area contributed by atoms with Crippen LogP contribution in [0.25, 0.3) is 0 Å². The number of benzene rings is 1. The summed E-state index contributed by atoms with van der Waals surface area (Å²) in [5.74, 6) is -1.98. The van der Waals surface area contributed by atoms with E-state index in [0.29, 0.717) is 24.8 Å². The maximum atomic E-state index is 13.4. The molecule has 0 spiro atoms. The Morgan fingerprint density at radius 2 is 2.11 bits per heavy atom. The van der Waals surface area contributed by atoms with Gasteiger partial charge in [-0.15, -0.1) is 0 Å². The molecule has 5 heteroatoms. The zero-order valence-electron chi connectivity index (χ0n) is 10.6. The first-order valence-corrected chi connectivity index (χ1v) is 6.27.